The molecule has 1 aromatic heterocycles. The molecule has 3 aromatic rings. The predicted molar refractivity (Wildman–Crippen MR) is 127 cm³/mol. The molecule has 168 valence electrons. The summed E-state index contributed by atoms with van der Waals surface area (Å²) in [5.41, 5.74) is 4.77. The van der Waals surface area contributed by atoms with Gasteiger partial charge in [-0.15, -0.1) is 0 Å². The Balaban J connectivity index is 1.74. The molecule has 2 aromatic carbocycles. The average molecular weight is 454 g/mol. The van der Waals surface area contributed by atoms with Gasteiger partial charge in [0.15, 0.2) is 0 Å². The molecule has 1 aliphatic heterocycles. The summed E-state index contributed by atoms with van der Waals surface area (Å²) >= 11 is 6.13. The first-order chi connectivity index (χ1) is 15.4. The maximum atomic E-state index is 13.8. The molecule has 0 saturated carbocycles. The number of ether oxygens (including phenoxy) is 1. The van der Waals surface area contributed by atoms with Crippen molar-refractivity contribution in [1.29, 1.82) is 0 Å². The number of amides is 2. The van der Waals surface area contributed by atoms with Crippen LogP contribution >= 0.6 is 11.6 Å². The van der Waals surface area contributed by atoms with Crippen LogP contribution in [-0.4, -0.2) is 59.2 Å². The van der Waals surface area contributed by atoms with Crippen molar-refractivity contribution in [3.8, 4) is 11.1 Å². The number of hydrogen-bond donors (Lipinski definition) is 0. The third-order valence-corrected chi connectivity index (χ3v) is 6.35. The van der Waals surface area contributed by atoms with Crippen molar-refractivity contribution in [3.05, 3.63) is 58.7 Å². The number of hydrogen-bond acceptors (Lipinski definition) is 3. The van der Waals surface area contributed by atoms with Crippen molar-refractivity contribution in [2.75, 3.05) is 32.8 Å². The maximum absolute atomic E-state index is 13.8. The second kappa shape index (κ2) is 9.25. The van der Waals surface area contributed by atoms with Gasteiger partial charge >= 0.3 is 6.09 Å². The van der Waals surface area contributed by atoms with Crippen LogP contribution in [0, 0.1) is 0 Å². The zero-order valence-corrected chi connectivity index (χ0v) is 19.5. The first kappa shape index (κ1) is 22.2. The number of fused-ring (bicyclic) bond motifs is 1. The van der Waals surface area contributed by atoms with Crippen LogP contribution in [0.25, 0.3) is 22.0 Å². The Labute approximate surface area is 193 Å². The minimum absolute atomic E-state index is 0.0322. The number of aromatic nitrogens is 1. The lowest BCUT2D eigenvalue weighted by Gasteiger charge is -2.34. The number of carbonyl (C=O) groups is 2. The Morgan fingerprint density at radius 2 is 1.62 bits per heavy atom. The Morgan fingerprint density at radius 1 is 0.969 bits per heavy atom. The minimum atomic E-state index is -0.321. The molecule has 2 amide bonds. The normalized spacial score (nSPS) is 14.1. The summed E-state index contributed by atoms with van der Waals surface area (Å²) in [4.78, 5) is 29.3. The molecule has 7 heteroatoms. The molecule has 1 saturated heterocycles. The van der Waals surface area contributed by atoms with Crippen LogP contribution in [0.15, 0.2) is 42.5 Å². The molecule has 6 nitrogen and oxygen atoms in total. The highest BCUT2D eigenvalue weighted by molar-refractivity contribution is 6.30. The summed E-state index contributed by atoms with van der Waals surface area (Å²) in [6.45, 7) is 6.13. The Kier molecular flexibility index (Phi) is 6.42. The van der Waals surface area contributed by atoms with Gasteiger partial charge in [0, 0.05) is 54.7 Å². The molecule has 1 fully saturated rings. The van der Waals surface area contributed by atoms with Gasteiger partial charge in [0.2, 0.25) is 0 Å². The largest absolute Gasteiger partial charge is 0.450 e. The van der Waals surface area contributed by atoms with Crippen LogP contribution in [0.5, 0.6) is 0 Å². The highest BCUT2D eigenvalue weighted by Crippen LogP contribution is 2.36. The van der Waals surface area contributed by atoms with E-state index in [2.05, 4.69) is 25.1 Å². The predicted octanol–water partition coefficient (Wildman–Crippen LogP) is 4.98. The summed E-state index contributed by atoms with van der Waals surface area (Å²) in [7, 11) is 1.94. The number of benzene rings is 2. The number of piperazine rings is 1. The summed E-state index contributed by atoms with van der Waals surface area (Å²) in [6.07, 6.45) is 0.599. The molecule has 0 spiro atoms. The SMILES string of the molecule is CCOC(=O)N1CCN(C(=O)c2c(-c3ccc(Cl)cc3)c3cc(CC)ccc3n2C)CC1. The lowest BCUT2D eigenvalue weighted by molar-refractivity contribution is 0.0564. The van der Waals surface area contributed by atoms with Gasteiger partial charge < -0.3 is 19.1 Å². The Morgan fingerprint density at radius 3 is 2.25 bits per heavy atom. The van der Waals surface area contributed by atoms with Gasteiger partial charge in [0.25, 0.3) is 5.91 Å². The van der Waals surface area contributed by atoms with E-state index < -0.39 is 0 Å². The summed E-state index contributed by atoms with van der Waals surface area (Å²) in [5, 5.41) is 1.72. The molecule has 1 aliphatic rings. The van der Waals surface area contributed by atoms with Crippen molar-refractivity contribution < 1.29 is 14.3 Å². The van der Waals surface area contributed by atoms with Crippen LogP contribution in [0.1, 0.15) is 29.9 Å². The van der Waals surface area contributed by atoms with E-state index in [1.165, 1.54) is 5.56 Å². The van der Waals surface area contributed by atoms with Gasteiger partial charge in [-0.3, -0.25) is 4.79 Å². The van der Waals surface area contributed by atoms with E-state index in [-0.39, 0.29) is 12.0 Å². The quantitative estimate of drug-likeness (QED) is 0.560. The van der Waals surface area contributed by atoms with Crippen LogP contribution in [0.3, 0.4) is 0 Å². The minimum Gasteiger partial charge on any atom is -0.450 e. The van der Waals surface area contributed by atoms with Crippen molar-refractivity contribution in [2.45, 2.75) is 20.3 Å². The third-order valence-electron chi connectivity index (χ3n) is 6.10. The number of nitrogens with zero attached hydrogens (tertiary/aromatic N) is 3. The highest BCUT2D eigenvalue weighted by atomic mass is 35.5. The number of rotatable bonds is 4. The molecule has 32 heavy (non-hydrogen) atoms. The zero-order valence-electron chi connectivity index (χ0n) is 18.7. The number of aryl methyl sites for hydroxylation is 2. The standard InChI is InChI=1S/C25H28ClN3O3/c1-4-17-6-11-21-20(16-17)22(18-7-9-19(26)10-8-18)23(27(21)3)24(30)28-12-14-29(15-13-28)25(31)32-5-2/h6-11,16H,4-5,12-15H2,1-3H3. The molecule has 4 rings (SSSR count). The van der Waals surface area contributed by atoms with Gasteiger partial charge in [-0.25, -0.2) is 4.79 Å². The smallest absolute Gasteiger partial charge is 0.409 e. The van der Waals surface area contributed by atoms with Gasteiger partial charge in [-0.1, -0.05) is 36.7 Å². The summed E-state index contributed by atoms with van der Waals surface area (Å²) in [6, 6.07) is 14.0. The van der Waals surface area contributed by atoms with E-state index >= 15 is 0 Å². The van der Waals surface area contributed by atoms with Crippen molar-refractivity contribution in [2.24, 2.45) is 7.05 Å². The third kappa shape index (κ3) is 4.07. The van der Waals surface area contributed by atoms with Crippen molar-refractivity contribution in [1.82, 2.24) is 14.4 Å². The first-order valence-electron chi connectivity index (χ1n) is 11.0. The fraction of sp³-hybridized carbons (Fsp3) is 0.360. The van der Waals surface area contributed by atoms with E-state index in [0.717, 1.165) is 28.5 Å². The molecular formula is C25H28ClN3O3. The second-order valence-electron chi connectivity index (χ2n) is 7.97. The second-order valence-corrected chi connectivity index (χ2v) is 8.41. The van der Waals surface area contributed by atoms with E-state index in [0.29, 0.717) is 43.5 Å². The van der Waals surface area contributed by atoms with Crippen molar-refractivity contribution >= 4 is 34.5 Å². The lowest BCUT2D eigenvalue weighted by atomic mass is 9.99. The van der Waals surface area contributed by atoms with Crippen LogP contribution in [-0.2, 0) is 18.2 Å². The molecule has 0 N–H and O–H groups in total. The van der Waals surface area contributed by atoms with Crippen molar-refractivity contribution in [3.63, 3.8) is 0 Å². The highest BCUT2D eigenvalue weighted by Gasteiger charge is 2.30. The average Bonchev–Trinajstić information content (AvgIpc) is 3.11. The Hall–Kier alpha value is -2.99. The number of halogens is 1. The van der Waals surface area contributed by atoms with Gasteiger partial charge in [-0.05, 0) is 48.7 Å². The van der Waals surface area contributed by atoms with Crippen LogP contribution < -0.4 is 0 Å². The van der Waals surface area contributed by atoms with E-state index in [4.69, 9.17) is 16.3 Å². The van der Waals surface area contributed by atoms with Crippen LogP contribution in [0.4, 0.5) is 4.79 Å². The number of carbonyl (C=O) groups excluding carboxylic acids is 2. The molecule has 0 aliphatic carbocycles. The summed E-state index contributed by atoms with van der Waals surface area (Å²) < 4.78 is 7.08. The first-order valence-corrected chi connectivity index (χ1v) is 11.4. The van der Waals surface area contributed by atoms with E-state index in [1.54, 1.807) is 11.8 Å². The molecule has 2 heterocycles. The van der Waals surface area contributed by atoms with Gasteiger partial charge in [-0.2, -0.15) is 0 Å². The fourth-order valence-corrected chi connectivity index (χ4v) is 4.45. The lowest BCUT2D eigenvalue weighted by Crippen LogP contribution is -2.51. The topological polar surface area (TPSA) is 54.8 Å². The monoisotopic (exact) mass is 453 g/mol. The molecular weight excluding hydrogens is 426 g/mol. The van der Waals surface area contributed by atoms with Crippen LogP contribution in [0.2, 0.25) is 5.02 Å². The summed E-state index contributed by atoms with van der Waals surface area (Å²) in [5.74, 6) is -0.0322. The maximum Gasteiger partial charge on any atom is 0.409 e. The molecule has 0 bridgehead atoms. The Bertz CT molecular complexity index is 1150. The van der Waals surface area contributed by atoms with E-state index in [1.807, 2.05) is 40.8 Å². The fourth-order valence-electron chi connectivity index (χ4n) is 4.33. The zero-order chi connectivity index (χ0) is 22.8. The molecule has 0 unspecified atom stereocenters. The van der Waals surface area contributed by atoms with E-state index in [9.17, 15) is 9.59 Å². The van der Waals surface area contributed by atoms with Gasteiger partial charge in [0.1, 0.15) is 5.69 Å². The molecule has 0 atom stereocenters. The molecule has 0 radical (unpaired) electrons. The van der Waals surface area contributed by atoms with Gasteiger partial charge in [0.05, 0.1) is 6.61 Å².